The molecule has 130 valence electrons. The first-order valence-corrected chi connectivity index (χ1v) is 7.31. The molecule has 0 aromatic heterocycles. The number of nitrogens with one attached hydrogen (secondary N) is 1. The number of halogens is 1. The highest BCUT2D eigenvalue weighted by Gasteiger charge is 2.25. The molecule has 2 N–H and O–H groups in total. The molecule has 0 bridgehead atoms. The first-order valence-electron chi connectivity index (χ1n) is 6.93. The van der Waals surface area contributed by atoms with Gasteiger partial charge in [0.2, 0.25) is 5.75 Å². The van der Waals surface area contributed by atoms with Crippen molar-refractivity contribution in [1.29, 1.82) is 0 Å². The number of non-ortho nitro benzene ring substituents is 1. The van der Waals surface area contributed by atoms with Crippen LogP contribution >= 0.6 is 11.6 Å². The van der Waals surface area contributed by atoms with Crippen LogP contribution in [0.15, 0.2) is 29.4 Å². The van der Waals surface area contributed by atoms with Gasteiger partial charge in [0.05, 0.1) is 26.8 Å². The minimum atomic E-state index is -0.711. The number of rotatable bonds is 5. The van der Waals surface area contributed by atoms with Crippen molar-refractivity contribution in [2.24, 2.45) is 5.10 Å². The fourth-order valence-corrected chi connectivity index (χ4v) is 2.39. The molecule has 0 aliphatic rings. The first kappa shape index (κ1) is 18.1. The van der Waals surface area contributed by atoms with Crippen LogP contribution in [0.1, 0.15) is 16.7 Å². The van der Waals surface area contributed by atoms with Crippen molar-refractivity contribution >= 4 is 34.9 Å². The van der Waals surface area contributed by atoms with Crippen LogP contribution in [-0.4, -0.2) is 21.2 Å². The lowest BCUT2D eigenvalue weighted by atomic mass is 10.0. The van der Waals surface area contributed by atoms with Crippen LogP contribution in [0, 0.1) is 34.1 Å². The molecule has 9 nitrogen and oxygen atoms in total. The molecule has 0 amide bonds. The van der Waals surface area contributed by atoms with Crippen molar-refractivity contribution in [3.63, 3.8) is 0 Å². The molecule has 0 aliphatic carbocycles. The number of hydrazone groups is 1. The zero-order valence-corrected chi connectivity index (χ0v) is 13.9. The number of aromatic hydroxyl groups is 1. The third-order valence-corrected chi connectivity index (χ3v) is 4.11. The Morgan fingerprint density at radius 1 is 1.12 bits per heavy atom. The molecule has 0 spiro atoms. The highest BCUT2D eigenvalue weighted by Crippen LogP contribution is 2.39. The highest BCUT2D eigenvalue weighted by atomic mass is 35.5. The molecule has 0 aliphatic heterocycles. The predicted octanol–water partition coefficient (Wildman–Crippen LogP) is 3.92. The Balaban J connectivity index is 2.32. The van der Waals surface area contributed by atoms with Gasteiger partial charge in [-0.2, -0.15) is 5.10 Å². The molecule has 0 heterocycles. The van der Waals surface area contributed by atoms with E-state index in [0.29, 0.717) is 11.3 Å². The van der Waals surface area contributed by atoms with Crippen LogP contribution in [0.5, 0.6) is 5.75 Å². The quantitative estimate of drug-likeness (QED) is 0.469. The second kappa shape index (κ2) is 7.14. The second-order valence-electron chi connectivity index (χ2n) is 5.11. The second-order valence-corrected chi connectivity index (χ2v) is 5.48. The Bertz CT molecular complexity index is 881. The topological polar surface area (TPSA) is 131 Å². The fourth-order valence-electron chi connectivity index (χ4n) is 2.20. The zero-order chi connectivity index (χ0) is 18.7. The van der Waals surface area contributed by atoms with E-state index in [-0.39, 0.29) is 21.8 Å². The van der Waals surface area contributed by atoms with Crippen LogP contribution in [0.25, 0.3) is 0 Å². The number of nitrogens with zero attached hydrogens (tertiary/aromatic N) is 3. The Labute approximate surface area is 146 Å². The number of phenolic OH excluding ortho intramolecular Hbond substituents is 1. The smallest absolute Gasteiger partial charge is 0.315 e. The SMILES string of the molecule is Cc1c(Cl)c(C)c([N+](=O)[O-])c(O)c1/C=N/Nc1ccc([N+](=O)[O-])cc1. The van der Waals surface area contributed by atoms with E-state index in [1.165, 1.54) is 37.4 Å². The molecular weight excluding hydrogens is 352 g/mol. The summed E-state index contributed by atoms with van der Waals surface area (Å²) in [6.45, 7) is 3.05. The van der Waals surface area contributed by atoms with Gasteiger partial charge in [-0.1, -0.05) is 11.6 Å². The summed E-state index contributed by atoms with van der Waals surface area (Å²) in [5, 5.41) is 35.9. The van der Waals surface area contributed by atoms with E-state index < -0.39 is 21.3 Å². The van der Waals surface area contributed by atoms with Gasteiger partial charge in [-0.05, 0) is 31.5 Å². The molecule has 2 rings (SSSR count). The van der Waals surface area contributed by atoms with Crippen molar-refractivity contribution in [2.45, 2.75) is 13.8 Å². The van der Waals surface area contributed by atoms with E-state index >= 15 is 0 Å². The molecule has 0 atom stereocenters. The summed E-state index contributed by atoms with van der Waals surface area (Å²) in [5.74, 6) is -0.529. The largest absolute Gasteiger partial charge is 0.502 e. The summed E-state index contributed by atoms with van der Waals surface area (Å²) < 4.78 is 0. The van der Waals surface area contributed by atoms with Gasteiger partial charge < -0.3 is 5.11 Å². The van der Waals surface area contributed by atoms with E-state index in [1.54, 1.807) is 6.92 Å². The van der Waals surface area contributed by atoms with Gasteiger partial charge in [0, 0.05) is 23.3 Å². The summed E-state index contributed by atoms with van der Waals surface area (Å²) in [7, 11) is 0. The maximum absolute atomic E-state index is 11.1. The Morgan fingerprint density at radius 3 is 2.24 bits per heavy atom. The van der Waals surface area contributed by atoms with Gasteiger partial charge in [0.25, 0.3) is 5.69 Å². The zero-order valence-electron chi connectivity index (χ0n) is 13.2. The molecule has 0 fully saturated rings. The van der Waals surface area contributed by atoms with Gasteiger partial charge in [-0.15, -0.1) is 0 Å². The van der Waals surface area contributed by atoms with Gasteiger partial charge in [0.1, 0.15) is 0 Å². The number of anilines is 1. The molecule has 0 saturated heterocycles. The standard InChI is InChI=1S/C15H13ClN4O5/c1-8-12(15(21)14(20(24)25)9(2)13(8)16)7-17-18-10-3-5-11(6-4-10)19(22)23/h3-7,18,21H,1-2H3/b17-7+. The minimum absolute atomic E-state index is 0.0658. The number of phenols is 1. The average molecular weight is 365 g/mol. The van der Waals surface area contributed by atoms with Crippen molar-refractivity contribution in [3.8, 4) is 5.75 Å². The maximum Gasteiger partial charge on any atom is 0.315 e. The summed E-state index contributed by atoms with van der Waals surface area (Å²) in [5.41, 5.74) is 3.26. The highest BCUT2D eigenvalue weighted by molar-refractivity contribution is 6.33. The normalized spacial score (nSPS) is 10.8. The van der Waals surface area contributed by atoms with Crippen molar-refractivity contribution in [3.05, 3.63) is 66.2 Å². The Hall–Kier alpha value is -3.20. The van der Waals surface area contributed by atoms with E-state index in [9.17, 15) is 25.3 Å². The lowest BCUT2D eigenvalue weighted by Crippen LogP contribution is -2.01. The summed E-state index contributed by atoms with van der Waals surface area (Å²) in [6, 6.07) is 5.50. The minimum Gasteiger partial charge on any atom is -0.502 e. The van der Waals surface area contributed by atoms with Crippen LogP contribution in [0.4, 0.5) is 17.1 Å². The van der Waals surface area contributed by atoms with E-state index in [4.69, 9.17) is 11.6 Å². The van der Waals surface area contributed by atoms with Gasteiger partial charge in [0.15, 0.2) is 0 Å². The lowest BCUT2D eigenvalue weighted by molar-refractivity contribution is -0.386. The van der Waals surface area contributed by atoms with Crippen molar-refractivity contribution in [1.82, 2.24) is 0 Å². The molecular formula is C15H13ClN4O5. The van der Waals surface area contributed by atoms with Crippen molar-refractivity contribution < 1.29 is 15.0 Å². The third kappa shape index (κ3) is 3.66. The van der Waals surface area contributed by atoms with Crippen molar-refractivity contribution in [2.75, 3.05) is 5.43 Å². The molecule has 10 heteroatoms. The summed E-state index contributed by atoms with van der Waals surface area (Å²) in [6.07, 6.45) is 1.20. The van der Waals surface area contributed by atoms with Crippen LogP contribution < -0.4 is 5.43 Å². The Morgan fingerprint density at radius 2 is 1.72 bits per heavy atom. The van der Waals surface area contributed by atoms with Gasteiger partial charge in [-0.3, -0.25) is 25.7 Å². The third-order valence-electron chi connectivity index (χ3n) is 3.55. The summed E-state index contributed by atoms with van der Waals surface area (Å²) in [4.78, 5) is 20.5. The van der Waals surface area contributed by atoms with Crippen LogP contribution in [0.3, 0.4) is 0 Å². The maximum atomic E-state index is 11.1. The molecule has 0 saturated carbocycles. The number of hydrogen-bond donors (Lipinski definition) is 2. The molecule has 2 aromatic rings. The van der Waals surface area contributed by atoms with E-state index in [1.807, 2.05) is 0 Å². The molecule has 0 unspecified atom stereocenters. The first-order chi connectivity index (χ1) is 11.7. The monoisotopic (exact) mass is 364 g/mol. The number of benzene rings is 2. The van der Waals surface area contributed by atoms with Crippen LogP contribution in [0.2, 0.25) is 5.02 Å². The van der Waals surface area contributed by atoms with Gasteiger partial charge >= 0.3 is 5.69 Å². The predicted molar refractivity (Wildman–Crippen MR) is 93.6 cm³/mol. The number of hydrogen-bond acceptors (Lipinski definition) is 7. The average Bonchev–Trinajstić information content (AvgIpc) is 2.56. The molecule has 25 heavy (non-hydrogen) atoms. The molecule has 0 radical (unpaired) electrons. The van der Waals surface area contributed by atoms with Crippen LogP contribution in [-0.2, 0) is 0 Å². The molecule has 2 aromatic carbocycles. The van der Waals surface area contributed by atoms with Gasteiger partial charge in [-0.25, -0.2) is 0 Å². The summed E-state index contributed by atoms with van der Waals surface area (Å²) >= 11 is 6.09. The lowest BCUT2D eigenvalue weighted by Gasteiger charge is -2.10. The number of nitro benzene ring substituents is 2. The Kier molecular flexibility index (Phi) is 5.18. The van der Waals surface area contributed by atoms with E-state index in [2.05, 4.69) is 10.5 Å². The number of nitro groups is 2. The fraction of sp³-hybridized carbons (Fsp3) is 0.133. The van der Waals surface area contributed by atoms with E-state index in [0.717, 1.165) is 0 Å².